The Hall–Kier alpha value is -2.57. The second kappa shape index (κ2) is 8.20. The Bertz CT molecular complexity index is 920. The summed E-state index contributed by atoms with van der Waals surface area (Å²) in [7, 11) is 0. The highest BCUT2D eigenvalue weighted by molar-refractivity contribution is 6.36. The van der Waals surface area contributed by atoms with Crippen molar-refractivity contribution in [2.45, 2.75) is 25.3 Å². The average Bonchev–Trinajstić information content (AvgIpc) is 2.87. The first kappa shape index (κ1) is 20.2. The molecule has 0 aliphatic carbocycles. The zero-order chi connectivity index (χ0) is 20.3. The van der Waals surface area contributed by atoms with E-state index in [4.69, 9.17) is 23.2 Å². The zero-order valence-electron chi connectivity index (χ0n) is 15.2. The lowest BCUT2D eigenvalue weighted by Gasteiger charge is -2.21. The highest BCUT2D eigenvalue weighted by atomic mass is 35.5. The summed E-state index contributed by atoms with van der Waals surface area (Å²) in [4.78, 5) is 38.3. The first-order valence-electron chi connectivity index (χ1n) is 8.71. The fraction of sp³-hybridized carbons (Fsp3) is 0.250. The summed E-state index contributed by atoms with van der Waals surface area (Å²) >= 11 is 11.9. The SMILES string of the molecule is C[C@]1(CCc2ccccc2)NC(=O)N(CC(=O)Nc2ccc(Cl)cc2Cl)C1=O. The lowest BCUT2D eigenvalue weighted by Crippen LogP contribution is -2.45. The van der Waals surface area contributed by atoms with E-state index >= 15 is 0 Å². The van der Waals surface area contributed by atoms with Crippen LogP contribution >= 0.6 is 23.2 Å². The summed E-state index contributed by atoms with van der Waals surface area (Å²) in [5.74, 6) is -0.953. The second-order valence-electron chi connectivity index (χ2n) is 6.81. The zero-order valence-corrected chi connectivity index (χ0v) is 16.7. The molecule has 146 valence electrons. The maximum Gasteiger partial charge on any atom is 0.325 e. The van der Waals surface area contributed by atoms with Gasteiger partial charge >= 0.3 is 6.03 Å². The summed E-state index contributed by atoms with van der Waals surface area (Å²) < 4.78 is 0. The summed E-state index contributed by atoms with van der Waals surface area (Å²) in [5.41, 5.74) is 0.375. The number of carbonyl (C=O) groups excluding carboxylic acids is 3. The van der Waals surface area contributed by atoms with Gasteiger partial charge in [0.2, 0.25) is 5.91 Å². The van der Waals surface area contributed by atoms with Gasteiger partial charge in [0.1, 0.15) is 12.1 Å². The number of nitrogens with one attached hydrogen (secondary N) is 2. The summed E-state index contributed by atoms with van der Waals surface area (Å²) in [5, 5.41) is 6.00. The highest BCUT2D eigenvalue weighted by Gasteiger charge is 2.47. The number of aryl methyl sites for hydroxylation is 1. The van der Waals surface area contributed by atoms with Gasteiger partial charge in [-0.05, 0) is 43.5 Å². The van der Waals surface area contributed by atoms with Crippen LogP contribution in [0.3, 0.4) is 0 Å². The maximum atomic E-state index is 12.8. The van der Waals surface area contributed by atoms with Gasteiger partial charge in [-0.3, -0.25) is 14.5 Å². The van der Waals surface area contributed by atoms with Crippen molar-refractivity contribution >= 4 is 46.7 Å². The van der Waals surface area contributed by atoms with E-state index in [-0.39, 0.29) is 5.02 Å². The number of amides is 4. The van der Waals surface area contributed by atoms with Crippen LogP contribution in [0.5, 0.6) is 0 Å². The summed E-state index contributed by atoms with van der Waals surface area (Å²) in [6, 6.07) is 13.7. The Balaban J connectivity index is 1.63. The number of urea groups is 1. The third kappa shape index (κ3) is 4.46. The first-order chi connectivity index (χ1) is 13.3. The van der Waals surface area contributed by atoms with Crippen molar-refractivity contribution in [3.05, 3.63) is 64.1 Å². The molecule has 2 N–H and O–H groups in total. The van der Waals surface area contributed by atoms with Crippen molar-refractivity contribution < 1.29 is 14.4 Å². The van der Waals surface area contributed by atoms with Crippen LogP contribution in [-0.2, 0) is 16.0 Å². The van der Waals surface area contributed by atoms with Gasteiger partial charge < -0.3 is 10.6 Å². The Morgan fingerprint density at radius 3 is 2.54 bits per heavy atom. The van der Waals surface area contributed by atoms with Crippen molar-refractivity contribution in [1.82, 2.24) is 10.2 Å². The lowest BCUT2D eigenvalue weighted by molar-refractivity contribution is -0.133. The van der Waals surface area contributed by atoms with Gasteiger partial charge in [-0.1, -0.05) is 53.5 Å². The predicted molar refractivity (Wildman–Crippen MR) is 109 cm³/mol. The van der Waals surface area contributed by atoms with E-state index in [2.05, 4.69) is 10.6 Å². The molecule has 6 nitrogen and oxygen atoms in total. The summed E-state index contributed by atoms with van der Waals surface area (Å²) in [6.07, 6.45) is 1.06. The van der Waals surface area contributed by atoms with Crippen LogP contribution in [0.4, 0.5) is 10.5 Å². The van der Waals surface area contributed by atoms with Crippen molar-refractivity contribution in [3.63, 3.8) is 0 Å². The topological polar surface area (TPSA) is 78.5 Å². The van der Waals surface area contributed by atoms with E-state index < -0.39 is 29.9 Å². The number of nitrogens with zero attached hydrogens (tertiary/aromatic N) is 1. The minimum Gasteiger partial charge on any atom is -0.323 e. The van der Waals surface area contributed by atoms with Crippen molar-refractivity contribution in [3.8, 4) is 0 Å². The Labute approximate surface area is 172 Å². The lowest BCUT2D eigenvalue weighted by atomic mass is 9.93. The minimum absolute atomic E-state index is 0.269. The third-order valence-electron chi connectivity index (χ3n) is 4.61. The average molecular weight is 420 g/mol. The molecule has 0 spiro atoms. The van der Waals surface area contributed by atoms with Gasteiger partial charge in [0.05, 0.1) is 10.7 Å². The Morgan fingerprint density at radius 1 is 1.14 bits per heavy atom. The molecule has 1 saturated heterocycles. The van der Waals surface area contributed by atoms with Crippen LogP contribution in [0.15, 0.2) is 48.5 Å². The summed E-state index contributed by atoms with van der Waals surface area (Å²) in [6.45, 7) is 1.27. The van der Waals surface area contributed by atoms with Crippen LogP contribution in [0, 0.1) is 0 Å². The van der Waals surface area contributed by atoms with Crippen LogP contribution in [0.25, 0.3) is 0 Å². The molecule has 0 saturated carbocycles. The highest BCUT2D eigenvalue weighted by Crippen LogP contribution is 2.26. The number of halogens is 2. The van der Waals surface area contributed by atoms with Crippen molar-refractivity contribution in [2.24, 2.45) is 0 Å². The number of carbonyl (C=O) groups is 3. The molecule has 0 aromatic heterocycles. The van der Waals surface area contributed by atoms with Gasteiger partial charge in [0.25, 0.3) is 5.91 Å². The molecule has 1 aliphatic heterocycles. The molecule has 1 fully saturated rings. The molecular weight excluding hydrogens is 401 g/mol. The van der Waals surface area contributed by atoms with Gasteiger partial charge in [-0.15, -0.1) is 0 Å². The van der Waals surface area contributed by atoms with E-state index in [9.17, 15) is 14.4 Å². The van der Waals surface area contributed by atoms with Gasteiger partial charge in [-0.2, -0.15) is 0 Å². The smallest absolute Gasteiger partial charge is 0.323 e. The van der Waals surface area contributed by atoms with Crippen LogP contribution in [-0.4, -0.2) is 34.8 Å². The predicted octanol–water partition coefficient (Wildman–Crippen LogP) is 3.88. The Kier molecular flexibility index (Phi) is 5.91. The second-order valence-corrected chi connectivity index (χ2v) is 7.66. The maximum absolute atomic E-state index is 12.8. The standard InChI is InChI=1S/C20H19Cl2N3O3/c1-20(10-9-13-5-3-2-4-6-13)18(27)25(19(28)24-20)12-17(26)23-16-8-7-14(21)11-15(16)22/h2-8,11H,9-10,12H2,1H3,(H,23,26)(H,24,28)/t20-/m1/s1. The number of anilines is 1. The molecular formula is C20H19Cl2N3O3. The first-order valence-corrected chi connectivity index (χ1v) is 9.47. The normalized spacial score (nSPS) is 18.9. The molecule has 3 rings (SSSR count). The molecule has 2 aromatic rings. The van der Waals surface area contributed by atoms with Crippen LogP contribution in [0.2, 0.25) is 10.0 Å². The fourth-order valence-corrected chi connectivity index (χ4v) is 3.48. The van der Waals surface area contributed by atoms with E-state index in [1.54, 1.807) is 19.1 Å². The van der Waals surface area contributed by atoms with Crippen LogP contribution < -0.4 is 10.6 Å². The molecule has 1 aliphatic rings. The third-order valence-corrected chi connectivity index (χ3v) is 5.16. The van der Waals surface area contributed by atoms with Gasteiger partial charge in [0.15, 0.2) is 0 Å². The number of hydrogen-bond acceptors (Lipinski definition) is 3. The monoisotopic (exact) mass is 419 g/mol. The molecule has 0 bridgehead atoms. The number of imide groups is 1. The number of rotatable bonds is 6. The van der Waals surface area contributed by atoms with E-state index in [0.717, 1.165) is 10.5 Å². The van der Waals surface area contributed by atoms with Crippen molar-refractivity contribution in [1.29, 1.82) is 0 Å². The fourth-order valence-electron chi connectivity index (χ4n) is 3.02. The molecule has 0 radical (unpaired) electrons. The molecule has 1 heterocycles. The largest absolute Gasteiger partial charge is 0.325 e. The molecule has 8 heteroatoms. The molecule has 4 amide bonds. The van der Waals surface area contributed by atoms with E-state index in [1.165, 1.54) is 6.07 Å². The number of hydrogen-bond donors (Lipinski definition) is 2. The van der Waals surface area contributed by atoms with Crippen molar-refractivity contribution in [2.75, 3.05) is 11.9 Å². The molecule has 28 heavy (non-hydrogen) atoms. The van der Waals surface area contributed by atoms with E-state index in [1.807, 2.05) is 30.3 Å². The Morgan fingerprint density at radius 2 is 1.86 bits per heavy atom. The van der Waals surface area contributed by atoms with Gasteiger partial charge in [-0.25, -0.2) is 4.79 Å². The quantitative estimate of drug-likeness (QED) is 0.697. The number of benzene rings is 2. The van der Waals surface area contributed by atoms with Gasteiger partial charge in [0, 0.05) is 5.02 Å². The molecule has 0 unspecified atom stereocenters. The van der Waals surface area contributed by atoms with E-state index in [0.29, 0.717) is 23.6 Å². The minimum atomic E-state index is -1.05. The van der Waals surface area contributed by atoms with Crippen LogP contribution in [0.1, 0.15) is 18.9 Å². The molecule has 2 aromatic carbocycles. The molecule has 1 atom stereocenters.